The molecule has 3 aromatic rings. The maximum atomic E-state index is 16.6. The summed E-state index contributed by atoms with van der Waals surface area (Å²) in [6, 6.07) is 26.6. The summed E-state index contributed by atoms with van der Waals surface area (Å²) in [4.78, 5) is 31.1. The molecule has 11 saturated carbocycles. The average molecular weight is 1240 g/mol. The number of aliphatic hydroxyl groups is 5. The van der Waals surface area contributed by atoms with Gasteiger partial charge in [-0.15, -0.1) is 5.92 Å². The molecule has 4 spiro atoms. The number of nitrogens with one attached hydrogen (secondary N) is 1. The molecule has 28 unspecified atom stereocenters. The van der Waals surface area contributed by atoms with Gasteiger partial charge < -0.3 is 45.1 Å². The Morgan fingerprint density at radius 3 is 2.35 bits per heavy atom. The van der Waals surface area contributed by atoms with Crippen LogP contribution in [0.1, 0.15) is 181 Å². The first-order valence-electron chi connectivity index (χ1n) is 37.0. The summed E-state index contributed by atoms with van der Waals surface area (Å²) in [5.74, 6) is 13.8. The molecule has 14 aliphatic carbocycles. The van der Waals surface area contributed by atoms with Gasteiger partial charge in [0.25, 0.3) is 0 Å². The maximum Gasteiger partial charge on any atom is 0.331 e. The van der Waals surface area contributed by atoms with Gasteiger partial charge in [-0.2, -0.15) is 0 Å². The third kappa shape index (κ3) is 7.26. The quantitative estimate of drug-likeness (QED) is 0.0841. The van der Waals surface area contributed by atoms with E-state index in [9.17, 15) is 9.90 Å². The average Bonchev–Trinajstić information content (AvgIpc) is 1.27. The molecule has 3 heterocycles. The molecule has 12 fully saturated rings. The second-order valence-corrected chi connectivity index (χ2v) is 34.7. The number of aliphatic hydroxyl groups excluding tert-OH is 2. The van der Waals surface area contributed by atoms with E-state index in [2.05, 4.69) is 96.6 Å². The lowest BCUT2D eigenvalue weighted by Crippen LogP contribution is -2.89. The minimum absolute atomic E-state index is 0.0729. The Kier molecular flexibility index (Phi) is 12.9. The van der Waals surface area contributed by atoms with Crippen LogP contribution in [0, 0.1) is 140 Å². The van der Waals surface area contributed by atoms with E-state index in [1.165, 1.54) is 29.4 Å². The zero-order valence-corrected chi connectivity index (χ0v) is 54.3. The topological polar surface area (TPSA) is 166 Å². The summed E-state index contributed by atoms with van der Waals surface area (Å²) in [7, 11) is 1.97. The summed E-state index contributed by atoms with van der Waals surface area (Å²) in [5.41, 5.74) is -2.81. The van der Waals surface area contributed by atoms with Gasteiger partial charge in [0, 0.05) is 69.9 Å². The van der Waals surface area contributed by atoms with E-state index in [-0.39, 0.29) is 84.0 Å². The summed E-state index contributed by atoms with van der Waals surface area (Å²) in [6.45, 7) is 2.32. The van der Waals surface area contributed by atoms with E-state index >= 15 is 25.2 Å². The first kappa shape index (κ1) is 58.7. The van der Waals surface area contributed by atoms with Crippen molar-refractivity contribution in [2.75, 3.05) is 7.05 Å². The molecule has 484 valence electrons. The normalized spacial score (nSPS) is 51.1. The molecule has 92 heavy (non-hydrogen) atoms. The fourth-order valence-electron chi connectivity index (χ4n) is 29.4. The minimum atomic E-state index is -2.35. The highest BCUT2D eigenvalue weighted by molar-refractivity contribution is 5.86. The van der Waals surface area contributed by atoms with Crippen LogP contribution in [0.3, 0.4) is 0 Å². The van der Waals surface area contributed by atoms with E-state index in [4.69, 9.17) is 9.47 Å². The first-order chi connectivity index (χ1) is 44.6. The molecule has 10 heteroatoms. The highest BCUT2D eigenvalue weighted by atomic mass is 16.5. The highest BCUT2D eigenvalue weighted by Gasteiger charge is 2.91. The van der Waals surface area contributed by atoms with Gasteiger partial charge in [-0.3, -0.25) is 0 Å². The molecule has 1 saturated heterocycles. The molecule has 0 aromatic heterocycles. The molecule has 20 rings (SSSR count). The summed E-state index contributed by atoms with van der Waals surface area (Å²) >= 11 is 0. The molecule has 19 bridgehead atoms. The number of esters is 1. The first-order valence-corrected chi connectivity index (χ1v) is 37.0. The van der Waals surface area contributed by atoms with Crippen molar-refractivity contribution in [1.82, 2.24) is 5.32 Å². The molecule has 10 nitrogen and oxygen atoms in total. The van der Waals surface area contributed by atoms with Crippen LogP contribution in [0.25, 0.3) is 0 Å². The lowest BCUT2D eigenvalue weighted by Gasteiger charge is -2.79. The molecule has 0 radical (unpaired) electrons. The fourth-order valence-corrected chi connectivity index (χ4v) is 29.4. The van der Waals surface area contributed by atoms with Crippen LogP contribution < -0.4 is 5.32 Å². The Bertz CT molecular complexity index is 3720. The lowest BCUT2D eigenvalue weighted by atomic mass is 9.28. The van der Waals surface area contributed by atoms with E-state index in [0.29, 0.717) is 69.1 Å². The van der Waals surface area contributed by atoms with E-state index in [1.807, 2.05) is 19.2 Å². The van der Waals surface area contributed by atoms with Crippen molar-refractivity contribution in [2.45, 2.75) is 221 Å². The predicted octanol–water partition coefficient (Wildman–Crippen LogP) is 11.2. The second-order valence-electron chi connectivity index (χ2n) is 34.7. The molecule has 17 aliphatic rings. The van der Waals surface area contributed by atoms with Gasteiger partial charge in [0.1, 0.15) is 23.6 Å². The number of ether oxygens (including phenoxy) is 2. The number of hydrogen-bond acceptors (Lipinski definition) is 10. The zero-order chi connectivity index (χ0) is 62.3. The summed E-state index contributed by atoms with van der Waals surface area (Å²) in [6.07, 6.45) is 19.0. The number of aldehydes is 1. The summed E-state index contributed by atoms with van der Waals surface area (Å²) in [5, 5.41) is 77.4. The molecule has 3 aromatic carbocycles. The van der Waals surface area contributed by atoms with Crippen LogP contribution in [0.5, 0.6) is 0 Å². The SMILES string of the molecule is CNC1Cc2c(cccc2CO)C#CC2(CCCC2)CC23CC4C#CCC5C(c6ccccc6)CCC67CCC8C9Cc%10cccc(c%10)CC%10CCC(C%10)C(C)C%10CCC%11C(O9)C6(CC6(C=O)C4C(O)(C(O)C(C%10)C%116O)C2(O)CC2CC1C1OC(=O)C=C1C23)C8CC57. The van der Waals surface area contributed by atoms with E-state index in [1.54, 1.807) is 6.08 Å². The zero-order valence-electron chi connectivity index (χ0n) is 54.3. The number of carbonyl (C=O) groups excluding carboxylic acids is 2. The van der Waals surface area contributed by atoms with Crippen LogP contribution in [-0.4, -0.2) is 92.1 Å². The monoisotopic (exact) mass is 1240 g/mol. The Hall–Kier alpha value is -4.62. The van der Waals surface area contributed by atoms with Gasteiger partial charge >= 0.3 is 5.97 Å². The molecule has 3 aliphatic heterocycles. The highest BCUT2D eigenvalue weighted by Crippen LogP contribution is 2.87. The number of fused-ring (bicyclic) bond motifs is 10. The van der Waals surface area contributed by atoms with Gasteiger partial charge in [-0.1, -0.05) is 104 Å². The summed E-state index contributed by atoms with van der Waals surface area (Å²) < 4.78 is 15.0. The Morgan fingerprint density at radius 2 is 1.53 bits per heavy atom. The van der Waals surface area contributed by atoms with Crippen LogP contribution >= 0.6 is 0 Å². The molecular weight excluding hydrogens is 1140 g/mol. The molecule has 6 N–H and O–H groups in total. The van der Waals surface area contributed by atoms with E-state index in [0.717, 1.165) is 112 Å². The van der Waals surface area contributed by atoms with Crippen LogP contribution in [-0.2, 0) is 44.9 Å². The van der Waals surface area contributed by atoms with Gasteiger partial charge in [-0.25, -0.2) is 4.79 Å². The maximum absolute atomic E-state index is 16.6. The number of likely N-dealkylation sites (N-methyl/N-ethyl adjacent to an activating group) is 1. The third-order valence-corrected chi connectivity index (χ3v) is 32.4. The van der Waals surface area contributed by atoms with Crippen molar-refractivity contribution in [3.05, 3.63) is 118 Å². The van der Waals surface area contributed by atoms with Crippen molar-refractivity contribution in [3.8, 4) is 23.7 Å². The van der Waals surface area contributed by atoms with Crippen molar-refractivity contribution >= 4 is 12.3 Å². The number of rotatable bonds is 4. The van der Waals surface area contributed by atoms with E-state index < -0.39 is 86.2 Å². The van der Waals surface area contributed by atoms with Crippen molar-refractivity contribution < 1.29 is 44.6 Å². The number of benzene rings is 3. The third-order valence-electron chi connectivity index (χ3n) is 32.4. The van der Waals surface area contributed by atoms with Crippen LogP contribution in [0.4, 0.5) is 0 Å². The smallest absolute Gasteiger partial charge is 0.331 e. The number of hydrogen-bond donors (Lipinski definition) is 6. The molecule has 28 atom stereocenters. The van der Waals surface area contributed by atoms with Crippen LogP contribution in [0.2, 0.25) is 0 Å². The standard InChI is InChI=1S/C82H97NO9/c1-46-52-20-19-49(33-52)32-47-11-8-12-48(31-47)34-68-59-25-30-76-29-24-57(50-13-4-3-5-14-50)58-18-10-16-54-40-77-43-75(26-6-7-27-75)28-23-51-15-9-17-55(42-84)60(51)37-67(83-2)61-35-56(70(77)62-38-69(86)92-71(61)62)41-80(77,88)82(90)72(54)78(45-85)44-79(76,65(59)39-64(58)76)74(91-68)63-22-21-53(46)36-66(73(82)87)81(63,78)89/h3-5,8-9,11-15,17,31,38,45-46,49,52-54,56-59,61,63-68,70-74,83-84,87-90H,6-7,18-22,24-27,29-30,32-37,39-44H2,1-2H3. The van der Waals surface area contributed by atoms with Crippen molar-refractivity contribution in [2.24, 2.45) is 116 Å². The minimum Gasteiger partial charge on any atom is -0.454 e. The number of carbonyl (C=O) groups is 2. The van der Waals surface area contributed by atoms with Crippen molar-refractivity contribution in [3.63, 3.8) is 0 Å². The lowest BCUT2D eigenvalue weighted by molar-refractivity contribution is -0.410. The molecule has 0 amide bonds. The fraction of sp³-hybridized carbons (Fsp3) is 0.683. The predicted molar refractivity (Wildman–Crippen MR) is 347 cm³/mol. The van der Waals surface area contributed by atoms with Crippen LogP contribution in [0.15, 0.2) is 84.4 Å². The van der Waals surface area contributed by atoms with Gasteiger partial charge in [0.05, 0.1) is 35.9 Å². The Labute approximate surface area is 544 Å². The van der Waals surface area contributed by atoms with Crippen molar-refractivity contribution in [1.29, 1.82) is 0 Å². The second kappa shape index (κ2) is 20.2. The Morgan fingerprint density at radius 1 is 0.739 bits per heavy atom. The largest absolute Gasteiger partial charge is 0.454 e. The van der Waals surface area contributed by atoms with Gasteiger partial charge in [0.2, 0.25) is 0 Å². The molecular formula is C82H97NO9. The van der Waals surface area contributed by atoms with Gasteiger partial charge in [-0.05, 0) is 252 Å². The van der Waals surface area contributed by atoms with Gasteiger partial charge in [0.15, 0.2) is 0 Å². The Balaban J connectivity index is 0.883.